The van der Waals surface area contributed by atoms with Gasteiger partial charge in [-0.05, 0) is 42.8 Å². The Morgan fingerprint density at radius 1 is 0.862 bits per heavy atom. The number of nitrogens with zero attached hydrogens (tertiary/aromatic N) is 1. The summed E-state index contributed by atoms with van der Waals surface area (Å²) in [6.07, 6.45) is 3.42. The van der Waals surface area contributed by atoms with Crippen molar-refractivity contribution in [2.24, 2.45) is 0 Å². The van der Waals surface area contributed by atoms with Gasteiger partial charge in [-0.1, -0.05) is 66.7 Å². The fourth-order valence-corrected chi connectivity index (χ4v) is 3.84. The fraction of sp³-hybridized carbons (Fsp3) is 0.0400. The van der Waals surface area contributed by atoms with Crippen molar-refractivity contribution in [1.82, 2.24) is 4.98 Å². The lowest BCUT2D eigenvalue weighted by atomic mass is 10.1. The number of thiazole rings is 1. The summed E-state index contributed by atoms with van der Waals surface area (Å²) in [5.41, 5.74) is 2.72. The Labute approximate surface area is 174 Å². The Morgan fingerprint density at radius 2 is 1.48 bits per heavy atom. The lowest BCUT2D eigenvalue weighted by Crippen LogP contribution is -1.93. The van der Waals surface area contributed by atoms with Crippen molar-refractivity contribution in [1.29, 1.82) is 0 Å². The zero-order chi connectivity index (χ0) is 20.1. The van der Waals surface area contributed by atoms with Gasteiger partial charge in [0.1, 0.15) is 16.5 Å². The molecule has 1 heterocycles. The highest BCUT2D eigenvalue weighted by Crippen LogP contribution is 2.28. The third-order valence-corrected chi connectivity index (χ3v) is 5.55. The standard InChI is InChI=1S/C25H19NO2S/c1-18-24(29-25(26-18)20-8-4-2-5-9-20)23(27)17-14-19-12-15-22(16-13-19)28-21-10-6-3-7-11-21/h2-17H,1H3. The second-order valence-corrected chi connectivity index (χ2v) is 7.48. The SMILES string of the molecule is Cc1nc(-c2ccccc2)sc1C(=O)C=Cc1ccc(Oc2ccccc2)cc1. The van der Waals surface area contributed by atoms with Crippen LogP contribution in [0.1, 0.15) is 20.9 Å². The van der Waals surface area contributed by atoms with E-state index in [0.29, 0.717) is 4.88 Å². The molecular weight excluding hydrogens is 378 g/mol. The van der Waals surface area contributed by atoms with Crippen molar-refractivity contribution in [2.45, 2.75) is 6.92 Å². The smallest absolute Gasteiger partial charge is 0.197 e. The van der Waals surface area contributed by atoms with E-state index in [9.17, 15) is 4.79 Å². The first-order valence-corrected chi connectivity index (χ1v) is 10.1. The lowest BCUT2D eigenvalue weighted by Gasteiger charge is -2.05. The van der Waals surface area contributed by atoms with Gasteiger partial charge in [0.05, 0.1) is 10.6 Å². The zero-order valence-electron chi connectivity index (χ0n) is 15.9. The van der Waals surface area contributed by atoms with Crippen molar-refractivity contribution in [3.05, 3.63) is 107 Å². The summed E-state index contributed by atoms with van der Waals surface area (Å²) >= 11 is 1.43. The second-order valence-electron chi connectivity index (χ2n) is 6.48. The maximum atomic E-state index is 12.7. The van der Waals surface area contributed by atoms with Crippen molar-refractivity contribution in [2.75, 3.05) is 0 Å². The molecule has 0 aliphatic rings. The number of allylic oxidation sites excluding steroid dienone is 1. The molecule has 0 aliphatic carbocycles. The summed E-state index contributed by atoms with van der Waals surface area (Å²) < 4.78 is 5.79. The molecule has 0 N–H and O–H groups in total. The van der Waals surface area contributed by atoms with E-state index >= 15 is 0 Å². The number of para-hydroxylation sites is 1. The van der Waals surface area contributed by atoms with Crippen molar-refractivity contribution in [3.8, 4) is 22.1 Å². The molecule has 29 heavy (non-hydrogen) atoms. The minimum Gasteiger partial charge on any atom is -0.457 e. The summed E-state index contributed by atoms with van der Waals surface area (Å²) in [6, 6.07) is 27.2. The molecule has 0 fully saturated rings. The topological polar surface area (TPSA) is 39.2 Å². The van der Waals surface area contributed by atoms with Crippen LogP contribution < -0.4 is 4.74 Å². The molecule has 0 unspecified atom stereocenters. The molecule has 4 rings (SSSR count). The van der Waals surface area contributed by atoms with Gasteiger partial charge in [-0.3, -0.25) is 4.79 Å². The first-order chi connectivity index (χ1) is 14.2. The normalized spacial score (nSPS) is 10.9. The quantitative estimate of drug-likeness (QED) is 0.265. The third kappa shape index (κ3) is 4.68. The number of ether oxygens (including phenoxy) is 1. The molecular formula is C25H19NO2S. The summed E-state index contributed by atoms with van der Waals surface area (Å²) in [5, 5.41) is 0.863. The van der Waals surface area contributed by atoms with Gasteiger partial charge in [0.15, 0.2) is 5.78 Å². The van der Waals surface area contributed by atoms with Crippen LogP contribution in [-0.4, -0.2) is 10.8 Å². The van der Waals surface area contributed by atoms with E-state index in [2.05, 4.69) is 4.98 Å². The molecule has 4 heteroatoms. The summed E-state index contributed by atoms with van der Waals surface area (Å²) in [7, 11) is 0. The Morgan fingerprint density at radius 3 is 2.17 bits per heavy atom. The molecule has 0 bridgehead atoms. The molecule has 0 aliphatic heterocycles. The Bertz CT molecular complexity index is 1130. The van der Waals surface area contributed by atoms with Gasteiger partial charge in [0.25, 0.3) is 0 Å². The van der Waals surface area contributed by atoms with Crippen LogP contribution in [0.2, 0.25) is 0 Å². The number of rotatable bonds is 6. The summed E-state index contributed by atoms with van der Waals surface area (Å²) in [5.74, 6) is 1.51. The molecule has 142 valence electrons. The van der Waals surface area contributed by atoms with E-state index in [1.165, 1.54) is 11.3 Å². The number of aryl methyl sites for hydroxylation is 1. The van der Waals surface area contributed by atoms with E-state index in [4.69, 9.17) is 4.74 Å². The number of hydrogen-bond acceptors (Lipinski definition) is 4. The molecule has 4 aromatic rings. The number of hydrogen-bond donors (Lipinski definition) is 0. The summed E-state index contributed by atoms with van der Waals surface area (Å²) in [4.78, 5) is 17.9. The highest BCUT2D eigenvalue weighted by atomic mass is 32.1. The zero-order valence-corrected chi connectivity index (χ0v) is 16.7. The maximum absolute atomic E-state index is 12.7. The molecule has 3 aromatic carbocycles. The Hall–Kier alpha value is -3.50. The van der Waals surface area contributed by atoms with Gasteiger partial charge >= 0.3 is 0 Å². The first-order valence-electron chi connectivity index (χ1n) is 9.27. The van der Waals surface area contributed by atoms with Gasteiger partial charge in [0.2, 0.25) is 0 Å². The van der Waals surface area contributed by atoms with Gasteiger partial charge < -0.3 is 4.74 Å². The van der Waals surface area contributed by atoms with Crippen LogP contribution >= 0.6 is 11.3 Å². The van der Waals surface area contributed by atoms with Crippen molar-refractivity contribution < 1.29 is 9.53 Å². The lowest BCUT2D eigenvalue weighted by molar-refractivity contribution is 0.105. The van der Waals surface area contributed by atoms with E-state index < -0.39 is 0 Å². The molecule has 0 saturated heterocycles. The van der Waals surface area contributed by atoms with Crippen LogP contribution in [0.5, 0.6) is 11.5 Å². The van der Waals surface area contributed by atoms with Crippen molar-refractivity contribution in [3.63, 3.8) is 0 Å². The fourth-order valence-electron chi connectivity index (χ4n) is 2.85. The van der Waals surface area contributed by atoms with Gasteiger partial charge in [-0.25, -0.2) is 4.98 Å². The van der Waals surface area contributed by atoms with Gasteiger partial charge in [-0.15, -0.1) is 11.3 Å². The van der Waals surface area contributed by atoms with E-state index in [0.717, 1.165) is 33.3 Å². The highest BCUT2D eigenvalue weighted by Gasteiger charge is 2.14. The third-order valence-electron chi connectivity index (χ3n) is 4.33. The molecule has 0 atom stereocenters. The Kier molecular flexibility index (Phi) is 5.63. The van der Waals surface area contributed by atoms with Crippen LogP contribution in [0.25, 0.3) is 16.6 Å². The minimum absolute atomic E-state index is 0.0354. The molecule has 0 spiro atoms. The first kappa shape index (κ1) is 18.8. The molecule has 0 amide bonds. The molecule has 3 nitrogen and oxygen atoms in total. The van der Waals surface area contributed by atoms with Gasteiger partial charge in [0, 0.05) is 5.56 Å². The average Bonchev–Trinajstić information content (AvgIpc) is 3.16. The number of carbonyl (C=O) groups excluding carboxylic acids is 1. The van der Waals surface area contributed by atoms with E-state index in [1.807, 2.05) is 97.9 Å². The van der Waals surface area contributed by atoms with Crippen LogP contribution in [0, 0.1) is 6.92 Å². The second kappa shape index (κ2) is 8.67. The van der Waals surface area contributed by atoms with Crippen LogP contribution in [0.3, 0.4) is 0 Å². The van der Waals surface area contributed by atoms with E-state index in [-0.39, 0.29) is 5.78 Å². The molecule has 1 aromatic heterocycles. The van der Waals surface area contributed by atoms with Gasteiger partial charge in [-0.2, -0.15) is 0 Å². The van der Waals surface area contributed by atoms with Crippen molar-refractivity contribution >= 4 is 23.2 Å². The van der Waals surface area contributed by atoms with Crippen LogP contribution in [-0.2, 0) is 0 Å². The maximum Gasteiger partial charge on any atom is 0.197 e. The Balaban J connectivity index is 1.45. The van der Waals surface area contributed by atoms with Crippen LogP contribution in [0.4, 0.5) is 0 Å². The predicted octanol–water partition coefficient (Wildman–Crippen LogP) is 6.81. The van der Waals surface area contributed by atoms with Crippen LogP contribution in [0.15, 0.2) is 91.0 Å². The minimum atomic E-state index is -0.0354. The van der Waals surface area contributed by atoms with E-state index in [1.54, 1.807) is 6.08 Å². The highest BCUT2D eigenvalue weighted by molar-refractivity contribution is 7.17. The average molecular weight is 397 g/mol. The number of benzene rings is 3. The number of ketones is 1. The number of aromatic nitrogens is 1. The summed E-state index contributed by atoms with van der Waals surface area (Å²) in [6.45, 7) is 1.87. The largest absolute Gasteiger partial charge is 0.457 e. The monoisotopic (exact) mass is 397 g/mol. The predicted molar refractivity (Wildman–Crippen MR) is 119 cm³/mol. The number of carbonyl (C=O) groups is 1. The molecule has 0 radical (unpaired) electrons. The molecule has 0 saturated carbocycles.